The van der Waals surface area contributed by atoms with Gasteiger partial charge in [-0.05, 0) is 56.6 Å². The van der Waals surface area contributed by atoms with Crippen LogP contribution in [0.1, 0.15) is 42.9 Å². The zero-order chi connectivity index (χ0) is 14.1. The molecule has 2 aliphatic carbocycles. The molecule has 0 saturated heterocycles. The van der Waals surface area contributed by atoms with Gasteiger partial charge in [0, 0.05) is 19.1 Å². The molecule has 0 amide bonds. The zero-order valence-corrected chi connectivity index (χ0v) is 12.9. The average molecular weight is 272 g/mol. The lowest BCUT2D eigenvalue weighted by molar-refractivity contribution is 0.212. The maximum absolute atomic E-state index is 6.35. The van der Waals surface area contributed by atoms with Gasteiger partial charge in [-0.3, -0.25) is 0 Å². The normalized spacial score (nSPS) is 30.1. The molecule has 0 aromatic heterocycles. The minimum atomic E-state index is 0.138. The highest BCUT2D eigenvalue weighted by atomic mass is 15.1. The summed E-state index contributed by atoms with van der Waals surface area (Å²) in [6.07, 6.45) is 5.94. The quantitative estimate of drug-likeness (QED) is 0.890. The molecule has 4 unspecified atom stereocenters. The topological polar surface area (TPSA) is 29.3 Å². The molecule has 2 nitrogen and oxygen atoms in total. The Balaban J connectivity index is 1.51. The van der Waals surface area contributed by atoms with Crippen LogP contribution in [-0.4, -0.2) is 25.0 Å². The second-order valence-electron chi connectivity index (χ2n) is 7.17. The van der Waals surface area contributed by atoms with E-state index in [1.807, 2.05) is 0 Å². The highest BCUT2D eigenvalue weighted by Crippen LogP contribution is 2.48. The first kappa shape index (κ1) is 14.1. The van der Waals surface area contributed by atoms with Crippen LogP contribution in [0.5, 0.6) is 0 Å². The second-order valence-corrected chi connectivity index (χ2v) is 7.17. The Kier molecular flexibility index (Phi) is 4.13. The van der Waals surface area contributed by atoms with Crippen molar-refractivity contribution in [2.45, 2.75) is 38.6 Å². The lowest BCUT2D eigenvalue weighted by Gasteiger charge is -2.29. The van der Waals surface area contributed by atoms with Crippen molar-refractivity contribution in [1.29, 1.82) is 0 Å². The molecule has 4 atom stereocenters. The van der Waals surface area contributed by atoms with Crippen molar-refractivity contribution in [2.75, 3.05) is 20.1 Å². The summed E-state index contributed by atoms with van der Waals surface area (Å²) in [4.78, 5) is 2.45. The van der Waals surface area contributed by atoms with Gasteiger partial charge in [-0.1, -0.05) is 36.2 Å². The fourth-order valence-electron chi connectivity index (χ4n) is 4.33. The van der Waals surface area contributed by atoms with Crippen LogP contribution in [0.4, 0.5) is 0 Å². The van der Waals surface area contributed by atoms with Gasteiger partial charge in [0.1, 0.15) is 0 Å². The Morgan fingerprint density at radius 1 is 1.20 bits per heavy atom. The third-order valence-corrected chi connectivity index (χ3v) is 5.44. The molecule has 20 heavy (non-hydrogen) atoms. The Hall–Kier alpha value is -0.860. The molecule has 2 fully saturated rings. The molecule has 0 heterocycles. The summed E-state index contributed by atoms with van der Waals surface area (Å²) < 4.78 is 0. The van der Waals surface area contributed by atoms with Crippen molar-refractivity contribution < 1.29 is 0 Å². The standard InChI is InChI=1S/C18H28N2/c1-13-3-6-15(7-4-13)18(19)12-20(2)11-17-10-14-5-8-16(17)9-14/h3-4,6-7,14,16-18H,5,8-12,19H2,1-2H3. The lowest BCUT2D eigenvalue weighted by atomic mass is 9.88. The molecular formula is C18H28N2. The van der Waals surface area contributed by atoms with Crippen LogP contribution in [-0.2, 0) is 0 Å². The van der Waals surface area contributed by atoms with Crippen LogP contribution in [0.2, 0.25) is 0 Å². The number of aryl methyl sites for hydroxylation is 1. The first-order valence-electron chi connectivity index (χ1n) is 8.12. The van der Waals surface area contributed by atoms with E-state index in [1.165, 1.54) is 43.4 Å². The monoisotopic (exact) mass is 272 g/mol. The van der Waals surface area contributed by atoms with E-state index in [1.54, 1.807) is 0 Å². The summed E-state index contributed by atoms with van der Waals surface area (Å²) in [6, 6.07) is 8.80. The summed E-state index contributed by atoms with van der Waals surface area (Å²) in [7, 11) is 2.24. The molecule has 2 bridgehead atoms. The molecule has 0 aliphatic heterocycles. The van der Waals surface area contributed by atoms with Crippen molar-refractivity contribution in [3.05, 3.63) is 35.4 Å². The van der Waals surface area contributed by atoms with Gasteiger partial charge in [0.2, 0.25) is 0 Å². The van der Waals surface area contributed by atoms with Crippen molar-refractivity contribution in [3.8, 4) is 0 Å². The largest absolute Gasteiger partial charge is 0.323 e. The van der Waals surface area contributed by atoms with Crippen molar-refractivity contribution in [2.24, 2.45) is 23.5 Å². The maximum atomic E-state index is 6.35. The molecular weight excluding hydrogens is 244 g/mol. The minimum Gasteiger partial charge on any atom is -0.323 e. The van der Waals surface area contributed by atoms with Crippen LogP contribution < -0.4 is 5.73 Å². The molecule has 2 N–H and O–H groups in total. The third-order valence-electron chi connectivity index (χ3n) is 5.44. The summed E-state index contributed by atoms with van der Waals surface area (Å²) in [6.45, 7) is 4.33. The van der Waals surface area contributed by atoms with Crippen LogP contribution in [0.25, 0.3) is 0 Å². The van der Waals surface area contributed by atoms with Crippen LogP contribution in [0.3, 0.4) is 0 Å². The maximum Gasteiger partial charge on any atom is 0.0424 e. The van der Waals surface area contributed by atoms with E-state index in [2.05, 4.69) is 43.1 Å². The Morgan fingerprint density at radius 2 is 1.95 bits per heavy atom. The molecule has 110 valence electrons. The van der Waals surface area contributed by atoms with Crippen molar-refractivity contribution in [1.82, 2.24) is 4.90 Å². The molecule has 1 aromatic carbocycles. The average Bonchev–Trinajstić information content (AvgIpc) is 3.01. The second kappa shape index (κ2) is 5.87. The van der Waals surface area contributed by atoms with E-state index >= 15 is 0 Å². The van der Waals surface area contributed by atoms with Crippen molar-refractivity contribution >= 4 is 0 Å². The molecule has 1 aromatic rings. The first-order valence-corrected chi connectivity index (χ1v) is 8.12. The Bertz CT molecular complexity index is 439. The van der Waals surface area contributed by atoms with Gasteiger partial charge in [0.25, 0.3) is 0 Å². The molecule has 2 saturated carbocycles. The predicted molar refractivity (Wildman–Crippen MR) is 84.5 cm³/mol. The fourth-order valence-corrected chi connectivity index (χ4v) is 4.33. The molecule has 2 heteroatoms. The lowest BCUT2D eigenvalue weighted by Crippen LogP contribution is -2.34. The predicted octanol–water partition coefficient (Wildman–Crippen LogP) is 3.36. The van der Waals surface area contributed by atoms with E-state index in [0.717, 1.165) is 24.3 Å². The van der Waals surface area contributed by atoms with Gasteiger partial charge in [0.05, 0.1) is 0 Å². The van der Waals surface area contributed by atoms with Gasteiger partial charge in [-0.15, -0.1) is 0 Å². The van der Waals surface area contributed by atoms with E-state index in [0.29, 0.717) is 0 Å². The van der Waals surface area contributed by atoms with Crippen LogP contribution >= 0.6 is 0 Å². The zero-order valence-electron chi connectivity index (χ0n) is 12.9. The number of benzene rings is 1. The third kappa shape index (κ3) is 3.07. The van der Waals surface area contributed by atoms with E-state index in [9.17, 15) is 0 Å². The Labute approximate surface area is 123 Å². The van der Waals surface area contributed by atoms with Gasteiger partial charge in [-0.25, -0.2) is 0 Å². The number of hydrogen-bond acceptors (Lipinski definition) is 2. The fraction of sp³-hybridized carbons (Fsp3) is 0.667. The SMILES string of the molecule is Cc1ccc(C(N)CN(C)CC2CC3CCC2C3)cc1. The van der Waals surface area contributed by atoms with Crippen molar-refractivity contribution in [3.63, 3.8) is 0 Å². The Morgan fingerprint density at radius 3 is 2.55 bits per heavy atom. The molecule has 2 aliphatic rings. The highest BCUT2D eigenvalue weighted by Gasteiger charge is 2.39. The number of rotatable bonds is 5. The van der Waals surface area contributed by atoms with Crippen LogP contribution in [0, 0.1) is 24.7 Å². The summed E-state index contributed by atoms with van der Waals surface area (Å²) in [5.74, 6) is 2.99. The molecule has 3 rings (SSSR count). The minimum absolute atomic E-state index is 0.138. The summed E-state index contributed by atoms with van der Waals surface area (Å²) in [5, 5.41) is 0. The number of likely N-dealkylation sites (N-methyl/N-ethyl adjacent to an activating group) is 1. The molecule has 0 radical (unpaired) electrons. The van der Waals surface area contributed by atoms with E-state index in [4.69, 9.17) is 5.73 Å². The number of hydrogen-bond donors (Lipinski definition) is 1. The van der Waals surface area contributed by atoms with Gasteiger partial charge in [-0.2, -0.15) is 0 Å². The molecule has 0 spiro atoms. The number of fused-ring (bicyclic) bond motifs is 2. The van der Waals surface area contributed by atoms with Gasteiger partial charge >= 0.3 is 0 Å². The number of nitrogens with zero attached hydrogens (tertiary/aromatic N) is 1. The smallest absolute Gasteiger partial charge is 0.0424 e. The van der Waals surface area contributed by atoms with Crippen LogP contribution in [0.15, 0.2) is 24.3 Å². The van der Waals surface area contributed by atoms with E-state index < -0.39 is 0 Å². The first-order chi connectivity index (χ1) is 9.61. The summed E-state index contributed by atoms with van der Waals surface area (Å²) >= 11 is 0. The van der Waals surface area contributed by atoms with Gasteiger partial charge < -0.3 is 10.6 Å². The number of nitrogens with two attached hydrogens (primary N) is 1. The van der Waals surface area contributed by atoms with Gasteiger partial charge in [0.15, 0.2) is 0 Å². The summed E-state index contributed by atoms with van der Waals surface area (Å²) in [5.41, 5.74) is 8.92. The van der Waals surface area contributed by atoms with E-state index in [-0.39, 0.29) is 6.04 Å². The highest BCUT2D eigenvalue weighted by molar-refractivity contribution is 5.24.